The number of hydrogen-bond acceptors (Lipinski definition) is 7. The summed E-state index contributed by atoms with van der Waals surface area (Å²) in [7, 11) is 2.16. The van der Waals surface area contributed by atoms with Crippen molar-refractivity contribution in [3.63, 3.8) is 0 Å². The number of rotatable bonds is 6. The Hall–Kier alpha value is -2.06. The molecule has 0 amide bonds. The second kappa shape index (κ2) is 8.75. The van der Waals surface area contributed by atoms with Crippen molar-refractivity contribution in [1.82, 2.24) is 34.9 Å². The fraction of sp³-hybridized carbons (Fsp3) is 0.684. The fourth-order valence-corrected chi connectivity index (χ4v) is 3.77. The number of piperazine rings is 1. The summed E-state index contributed by atoms with van der Waals surface area (Å²) in [5.74, 6) is 3.12. The highest BCUT2D eigenvalue weighted by molar-refractivity contribution is 5.30. The minimum atomic E-state index is 0.782. The van der Waals surface area contributed by atoms with Gasteiger partial charge in [0.05, 0.1) is 0 Å². The van der Waals surface area contributed by atoms with Crippen LogP contribution in [0.2, 0.25) is 0 Å². The van der Waals surface area contributed by atoms with Gasteiger partial charge in [-0.25, -0.2) is 9.97 Å². The monoisotopic (exact) mass is 370 g/mol. The maximum absolute atomic E-state index is 4.55. The molecule has 0 aromatic carbocycles. The van der Waals surface area contributed by atoms with Gasteiger partial charge in [0.15, 0.2) is 0 Å². The summed E-state index contributed by atoms with van der Waals surface area (Å²) in [6.07, 6.45) is 9.63. The Morgan fingerprint density at radius 3 is 2.59 bits per heavy atom. The molecule has 27 heavy (non-hydrogen) atoms. The van der Waals surface area contributed by atoms with Crippen LogP contribution in [0.25, 0.3) is 0 Å². The van der Waals surface area contributed by atoms with Crippen molar-refractivity contribution < 1.29 is 0 Å². The van der Waals surface area contributed by atoms with Gasteiger partial charge in [-0.15, -0.1) is 10.2 Å². The Kier molecular flexibility index (Phi) is 5.94. The van der Waals surface area contributed by atoms with Gasteiger partial charge in [0.1, 0.15) is 11.6 Å². The van der Waals surface area contributed by atoms with Crippen LogP contribution in [0.5, 0.6) is 0 Å². The number of nitrogens with zero attached hydrogens (tertiary/aromatic N) is 7. The van der Waals surface area contributed by atoms with E-state index in [2.05, 4.69) is 46.9 Å². The molecule has 8 heteroatoms. The van der Waals surface area contributed by atoms with Crippen LogP contribution >= 0.6 is 0 Å². The van der Waals surface area contributed by atoms with Gasteiger partial charge in [-0.05, 0) is 19.9 Å². The molecule has 0 atom stereocenters. The standard InChI is InChI=1S/C19H30N8/c1-25-9-11-26(12-10-25)19-21-14-16(15-22-19)13-20-7-6-18-24-23-17-5-3-2-4-8-27(17)18/h14-15,20H,2-13H2,1H3. The first-order valence-corrected chi connectivity index (χ1v) is 10.2. The summed E-state index contributed by atoms with van der Waals surface area (Å²) in [6.45, 7) is 6.87. The number of fused-ring (bicyclic) bond motifs is 1. The van der Waals surface area contributed by atoms with Crippen LogP contribution < -0.4 is 10.2 Å². The molecule has 0 radical (unpaired) electrons. The van der Waals surface area contributed by atoms with Gasteiger partial charge < -0.3 is 19.7 Å². The Morgan fingerprint density at radius 2 is 1.78 bits per heavy atom. The topological polar surface area (TPSA) is 75.0 Å². The largest absolute Gasteiger partial charge is 0.338 e. The van der Waals surface area contributed by atoms with Crippen molar-refractivity contribution in [1.29, 1.82) is 0 Å². The summed E-state index contributed by atoms with van der Waals surface area (Å²) >= 11 is 0. The molecule has 0 unspecified atom stereocenters. The second-order valence-corrected chi connectivity index (χ2v) is 7.60. The summed E-state index contributed by atoms with van der Waals surface area (Å²) in [5.41, 5.74) is 1.12. The molecule has 2 aromatic heterocycles. The van der Waals surface area contributed by atoms with Gasteiger partial charge in [0.2, 0.25) is 5.95 Å². The lowest BCUT2D eigenvalue weighted by Gasteiger charge is -2.32. The number of aryl methyl sites for hydroxylation is 1. The lowest BCUT2D eigenvalue weighted by Crippen LogP contribution is -2.45. The molecule has 2 aromatic rings. The normalized spacial score (nSPS) is 18.3. The highest BCUT2D eigenvalue weighted by Crippen LogP contribution is 2.14. The van der Waals surface area contributed by atoms with Crippen LogP contribution in [0.15, 0.2) is 12.4 Å². The molecule has 1 fully saturated rings. The molecule has 4 rings (SSSR count). The van der Waals surface area contributed by atoms with Crippen LogP contribution in [-0.4, -0.2) is 69.4 Å². The van der Waals surface area contributed by atoms with Crippen molar-refractivity contribution in [2.45, 2.75) is 45.2 Å². The zero-order valence-electron chi connectivity index (χ0n) is 16.3. The van der Waals surface area contributed by atoms with Gasteiger partial charge in [0, 0.05) is 76.6 Å². The molecule has 2 aliphatic heterocycles. The van der Waals surface area contributed by atoms with Gasteiger partial charge >= 0.3 is 0 Å². The average molecular weight is 371 g/mol. The first kappa shape index (κ1) is 18.3. The Balaban J connectivity index is 1.23. The molecular formula is C19H30N8. The second-order valence-electron chi connectivity index (χ2n) is 7.60. The maximum Gasteiger partial charge on any atom is 0.225 e. The van der Waals surface area contributed by atoms with Crippen LogP contribution in [0, 0.1) is 0 Å². The van der Waals surface area contributed by atoms with E-state index in [0.29, 0.717) is 0 Å². The van der Waals surface area contributed by atoms with Crippen molar-refractivity contribution in [2.24, 2.45) is 0 Å². The van der Waals surface area contributed by atoms with Crippen LogP contribution in [0.4, 0.5) is 5.95 Å². The summed E-state index contributed by atoms with van der Waals surface area (Å²) in [4.78, 5) is 13.7. The average Bonchev–Trinajstić information content (AvgIpc) is 2.93. The third kappa shape index (κ3) is 4.62. The highest BCUT2D eigenvalue weighted by atomic mass is 15.3. The van der Waals surface area contributed by atoms with Crippen molar-refractivity contribution >= 4 is 5.95 Å². The van der Waals surface area contributed by atoms with E-state index in [-0.39, 0.29) is 0 Å². The van der Waals surface area contributed by atoms with Crippen LogP contribution in [0.3, 0.4) is 0 Å². The molecule has 0 bridgehead atoms. The Labute approximate surface area is 161 Å². The molecule has 0 spiro atoms. The lowest BCUT2D eigenvalue weighted by molar-refractivity contribution is 0.311. The predicted octanol–water partition coefficient (Wildman–Crippen LogP) is 0.879. The number of likely N-dealkylation sites (N-methyl/N-ethyl adjacent to an activating group) is 1. The molecule has 1 saturated heterocycles. The summed E-state index contributed by atoms with van der Waals surface area (Å²) in [5, 5.41) is 12.2. The SMILES string of the molecule is CN1CCN(c2ncc(CNCCc3nnc4n3CCCCC4)cn2)CC1. The molecule has 146 valence electrons. The zero-order valence-corrected chi connectivity index (χ0v) is 16.3. The van der Waals surface area contributed by atoms with Crippen molar-refractivity contribution in [3.05, 3.63) is 29.6 Å². The molecule has 4 heterocycles. The predicted molar refractivity (Wildman–Crippen MR) is 105 cm³/mol. The number of aromatic nitrogens is 5. The van der Waals surface area contributed by atoms with Gasteiger partial charge in [-0.1, -0.05) is 6.42 Å². The molecule has 8 nitrogen and oxygen atoms in total. The minimum absolute atomic E-state index is 0.782. The first-order valence-electron chi connectivity index (χ1n) is 10.2. The fourth-order valence-electron chi connectivity index (χ4n) is 3.77. The van der Waals surface area contributed by atoms with E-state index in [0.717, 1.165) is 81.8 Å². The molecule has 0 aliphatic carbocycles. The van der Waals surface area contributed by atoms with Gasteiger partial charge in [-0.3, -0.25) is 0 Å². The van der Waals surface area contributed by atoms with E-state index in [1.54, 1.807) is 0 Å². The molecule has 2 aliphatic rings. The minimum Gasteiger partial charge on any atom is -0.338 e. The van der Waals surface area contributed by atoms with E-state index < -0.39 is 0 Å². The molecular weight excluding hydrogens is 340 g/mol. The molecule has 0 saturated carbocycles. The van der Waals surface area contributed by atoms with E-state index in [1.165, 1.54) is 19.3 Å². The first-order chi connectivity index (χ1) is 13.3. The smallest absolute Gasteiger partial charge is 0.225 e. The van der Waals surface area contributed by atoms with Crippen molar-refractivity contribution in [2.75, 3.05) is 44.7 Å². The number of anilines is 1. The lowest BCUT2D eigenvalue weighted by atomic mass is 10.2. The molecule has 1 N–H and O–H groups in total. The Morgan fingerprint density at radius 1 is 0.963 bits per heavy atom. The van der Waals surface area contributed by atoms with Gasteiger partial charge in [0.25, 0.3) is 0 Å². The highest BCUT2D eigenvalue weighted by Gasteiger charge is 2.16. The van der Waals surface area contributed by atoms with E-state index in [9.17, 15) is 0 Å². The Bertz CT molecular complexity index is 718. The number of hydrogen-bond donors (Lipinski definition) is 1. The van der Waals surface area contributed by atoms with E-state index in [4.69, 9.17) is 0 Å². The van der Waals surface area contributed by atoms with Crippen molar-refractivity contribution in [3.8, 4) is 0 Å². The van der Waals surface area contributed by atoms with E-state index >= 15 is 0 Å². The third-order valence-corrected chi connectivity index (χ3v) is 5.52. The quantitative estimate of drug-likeness (QED) is 0.757. The van der Waals surface area contributed by atoms with Crippen LogP contribution in [-0.2, 0) is 25.9 Å². The van der Waals surface area contributed by atoms with Gasteiger partial charge in [-0.2, -0.15) is 0 Å². The zero-order chi connectivity index (χ0) is 18.5. The third-order valence-electron chi connectivity index (χ3n) is 5.52. The van der Waals surface area contributed by atoms with E-state index in [1.807, 2.05) is 12.4 Å². The summed E-state index contributed by atoms with van der Waals surface area (Å²) < 4.78 is 2.32. The number of nitrogens with one attached hydrogen (secondary N) is 1. The summed E-state index contributed by atoms with van der Waals surface area (Å²) in [6, 6.07) is 0. The van der Waals surface area contributed by atoms with Crippen LogP contribution in [0.1, 0.15) is 36.5 Å². The maximum atomic E-state index is 4.55.